The summed E-state index contributed by atoms with van der Waals surface area (Å²) in [4.78, 5) is 3.66. The summed E-state index contributed by atoms with van der Waals surface area (Å²) in [5, 5.41) is 0. The minimum Gasteiger partial charge on any atom is -0.489 e. The van der Waals surface area contributed by atoms with Crippen LogP contribution in [0.3, 0.4) is 0 Å². The first-order chi connectivity index (χ1) is 9.36. The van der Waals surface area contributed by atoms with Crippen molar-refractivity contribution in [3.63, 3.8) is 0 Å². The molecule has 1 aromatic heterocycles. The van der Waals surface area contributed by atoms with Crippen LogP contribution in [0, 0.1) is 12.7 Å². The van der Waals surface area contributed by atoms with Gasteiger partial charge in [-0.05, 0) is 24.6 Å². The molecule has 0 radical (unpaired) electrons. The predicted molar refractivity (Wildman–Crippen MR) is 68.4 cm³/mol. The van der Waals surface area contributed by atoms with Crippen LogP contribution in [0.15, 0.2) is 36.7 Å². The number of rotatable bonds is 4. The zero-order chi connectivity index (χ0) is 14.8. The van der Waals surface area contributed by atoms with E-state index in [0.29, 0.717) is 16.9 Å². The van der Waals surface area contributed by atoms with Gasteiger partial charge in [0.2, 0.25) is 0 Å². The predicted octanol–water partition coefficient (Wildman–Crippen LogP) is 0.167. The second-order valence-electron chi connectivity index (χ2n) is 4.40. The van der Waals surface area contributed by atoms with Crippen molar-refractivity contribution >= 4 is 12.4 Å². The Balaban J connectivity index is 0.00000220. The quantitative estimate of drug-likeness (QED) is 0.591. The van der Waals surface area contributed by atoms with E-state index < -0.39 is 18.3 Å². The maximum atomic E-state index is 12.9. The van der Waals surface area contributed by atoms with Crippen molar-refractivity contribution in [2.24, 2.45) is 0 Å². The molecule has 2 nitrogen and oxygen atoms in total. The number of pyridine rings is 1. The molecule has 8 heteroatoms. The Morgan fingerprint density at radius 1 is 1.14 bits per heavy atom. The first-order valence-corrected chi connectivity index (χ1v) is 5.89. The molecule has 0 aliphatic carbocycles. The van der Waals surface area contributed by atoms with E-state index in [9.17, 15) is 17.3 Å². The minimum atomic E-state index is -5.02. The van der Waals surface area contributed by atoms with Crippen LogP contribution in [-0.2, 0) is 6.61 Å². The van der Waals surface area contributed by atoms with Gasteiger partial charge in [0.15, 0.2) is 0 Å². The van der Waals surface area contributed by atoms with E-state index in [4.69, 9.17) is 4.74 Å². The Morgan fingerprint density at radius 2 is 1.86 bits per heavy atom. The van der Waals surface area contributed by atoms with Gasteiger partial charge < -0.3 is 17.7 Å². The molecule has 0 amide bonds. The second-order valence-corrected chi connectivity index (χ2v) is 4.40. The molecule has 2 rings (SSSR count). The van der Waals surface area contributed by atoms with Crippen molar-refractivity contribution in [2.45, 2.75) is 13.5 Å². The third-order valence-electron chi connectivity index (χ3n) is 2.73. The molecule has 2 aromatic rings. The zero-order valence-electron chi connectivity index (χ0n) is 11.6. The zero-order valence-corrected chi connectivity index (χ0v) is 14.7. The van der Waals surface area contributed by atoms with Crippen molar-refractivity contribution in [3.05, 3.63) is 53.6 Å². The number of benzene rings is 1. The van der Waals surface area contributed by atoms with E-state index in [2.05, 4.69) is 4.98 Å². The Bertz CT molecular complexity index is 621. The van der Waals surface area contributed by atoms with Gasteiger partial charge in [0.25, 0.3) is 0 Å². The van der Waals surface area contributed by atoms with Gasteiger partial charge in [0, 0.05) is 11.8 Å². The molecule has 1 heterocycles. The van der Waals surface area contributed by atoms with Gasteiger partial charge in [-0.15, -0.1) is 5.46 Å². The fourth-order valence-electron chi connectivity index (χ4n) is 1.73. The fourth-order valence-corrected chi connectivity index (χ4v) is 1.73. The van der Waals surface area contributed by atoms with Crippen molar-refractivity contribution in [3.8, 4) is 5.75 Å². The van der Waals surface area contributed by atoms with Crippen LogP contribution >= 0.6 is 0 Å². The van der Waals surface area contributed by atoms with Crippen molar-refractivity contribution < 1.29 is 73.5 Å². The molecule has 0 saturated carbocycles. The first-order valence-electron chi connectivity index (χ1n) is 5.89. The number of nitrogens with zero attached hydrogens (tertiary/aromatic N) is 1. The van der Waals surface area contributed by atoms with Crippen LogP contribution in [0.2, 0.25) is 0 Å². The van der Waals surface area contributed by atoms with Crippen LogP contribution in [0.25, 0.3) is 0 Å². The summed E-state index contributed by atoms with van der Waals surface area (Å²) in [5.41, 5.74) is 0.224. The van der Waals surface area contributed by atoms with Crippen LogP contribution in [0.1, 0.15) is 11.1 Å². The summed E-state index contributed by atoms with van der Waals surface area (Å²) in [7, 11) is 0. The monoisotopic (exact) mass is 323 g/mol. The van der Waals surface area contributed by atoms with Crippen LogP contribution in [0.5, 0.6) is 5.75 Å². The molecular weight excluding hydrogens is 312 g/mol. The van der Waals surface area contributed by atoms with Gasteiger partial charge in [-0.25, -0.2) is 4.39 Å². The molecule has 0 aliphatic rings. The molecule has 1 aromatic carbocycles. The summed E-state index contributed by atoms with van der Waals surface area (Å²) in [6.07, 6.45) is 2.50. The van der Waals surface area contributed by atoms with E-state index in [0.717, 1.165) is 18.3 Å². The summed E-state index contributed by atoms with van der Waals surface area (Å²) in [5.74, 6) is -0.156. The van der Waals surface area contributed by atoms with Crippen molar-refractivity contribution in [1.82, 2.24) is 4.98 Å². The van der Waals surface area contributed by atoms with Gasteiger partial charge in [0.05, 0.1) is 6.20 Å². The molecule has 106 valence electrons. The van der Waals surface area contributed by atoms with Gasteiger partial charge in [-0.1, -0.05) is 12.1 Å². The summed E-state index contributed by atoms with van der Waals surface area (Å²) in [6.45, 7) is -3.44. The molecule has 0 N–H and O–H groups in total. The Hall–Kier alpha value is -0.409. The maximum absolute atomic E-state index is 12.9. The van der Waals surface area contributed by atoms with Crippen molar-refractivity contribution in [2.75, 3.05) is 0 Å². The van der Waals surface area contributed by atoms with Gasteiger partial charge in [-0.2, -0.15) is 0 Å². The Morgan fingerprint density at radius 3 is 2.43 bits per heavy atom. The minimum absolute atomic E-state index is 0. The maximum Gasteiger partial charge on any atom is 1.00 e. The third kappa shape index (κ3) is 5.37. The molecule has 21 heavy (non-hydrogen) atoms. The molecule has 0 aliphatic heterocycles. The molecule has 0 unspecified atom stereocenters. The van der Waals surface area contributed by atoms with Gasteiger partial charge >= 0.3 is 58.4 Å². The molecule has 0 atom stereocenters. The molecule has 0 bridgehead atoms. The standard InChI is InChI=1S/C13H11BF4NO.K/c1-9-4-11(14(16,17)18)2-3-13(9)20-8-10-5-12(15)7-19-6-10;/h2-7H,8H2,1H3;/q-1;+1. The third-order valence-corrected chi connectivity index (χ3v) is 2.73. The normalized spacial score (nSPS) is 10.9. The van der Waals surface area contributed by atoms with E-state index in [1.54, 1.807) is 0 Å². The van der Waals surface area contributed by atoms with Crippen molar-refractivity contribution in [1.29, 1.82) is 0 Å². The summed E-state index contributed by atoms with van der Waals surface area (Å²) >= 11 is 0. The summed E-state index contributed by atoms with van der Waals surface area (Å²) < 4.78 is 56.0. The van der Waals surface area contributed by atoms with Gasteiger partial charge in [-0.3, -0.25) is 4.98 Å². The number of hydrogen-bond acceptors (Lipinski definition) is 2. The van der Waals surface area contributed by atoms with E-state index in [-0.39, 0.29) is 58.0 Å². The Labute approximate surface area is 162 Å². The number of aromatic nitrogens is 1. The SMILES string of the molecule is Cc1cc([B-](F)(F)F)ccc1OCc1cncc(F)c1.[K+]. The average molecular weight is 323 g/mol. The molecule has 0 fully saturated rings. The fraction of sp³-hybridized carbons (Fsp3) is 0.154. The first kappa shape index (κ1) is 18.6. The van der Waals surface area contributed by atoms with Crippen LogP contribution in [-0.4, -0.2) is 12.0 Å². The van der Waals surface area contributed by atoms with Gasteiger partial charge in [0.1, 0.15) is 18.2 Å². The number of aryl methyl sites for hydroxylation is 1. The molecular formula is C13H11BF4KNO. The molecule has 0 spiro atoms. The summed E-state index contributed by atoms with van der Waals surface area (Å²) in [6, 6.07) is 4.55. The van der Waals surface area contributed by atoms with E-state index in [1.165, 1.54) is 25.3 Å². The number of ether oxygens (including phenoxy) is 1. The van der Waals surface area contributed by atoms with Crippen LogP contribution < -0.4 is 61.6 Å². The van der Waals surface area contributed by atoms with E-state index >= 15 is 0 Å². The smallest absolute Gasteiger partial charge is 0.489 e. The molecule has 0 saturated heterocycles. The average Bonchev–Trinajstić information content (AvgIpc) is 2.36. The van der Waals surface area contributed by atoms with Crippen LogP contribution in [0.4, 0.5) is 17.3 Å². The number of halogens is 4. The largest absolute Gasteiger partial charge is 1.00 e. The second kappa shape index (κ2) is 7.73. The topological polar surface area (TPSA) is 22.1 Å². The number of hydrogen-bond donors (Lipinski definition) is 0. The van der Waals surface area contributed by atoms with E-state index in [1.807, 2.05) is 0 Å². The Kier molecular flexibility index (Phi) is 6.86.